The molecule has 2 aromatic carbocycles. The van der Waals surface area contributed by atoms with Crippen molar-refractivity contribution in [3.63, 3.8) is 0 Å². The predicted molar refractivity (Wildman–Crippen MR) is 105 cm³/mol. The molecule has 0 bridgehead atoms. The normalized spacial score (nSPS) is 12.2. The SMILES string of the molecule is CO/C=C(/C(=O)OC)c1ccccc1/C=C/CSc1ccccc1C(F)(F)F. The van der Waals surface area contributed by atoms with Gasteiger partial charge in [0, 0.05) is 10.6 Å². The topological polar surface area (TPSA) is 35.5 Å². The van der Waals surface area contributed by atoms with Gasteiger partial charge in [0.25, 0.3) is 0 Å². The van der Waals surface area contributed by atoms with Gasteiger partial charge in [0.1, 0.15) is 5.57 Å². The molecule has 0 fully saturated rings. The van der Waals surface area contributed by atoms with Crippen molar-refractivity contribution in [1.82, 2.24) is 0 Å². The Morgan fingerprint density at radius 2 is 1.75 bits per heavy atom. The molecular weight excluding hydrogens is 389 g/mol. The number of methoxy groups -OCH3 is 2. The fourth-order valence-electron chi connectivity index (χ4n) is 2.48. The zero-order valence-electron chi connectivity index (χ0n) is 15.3. The molecule has 0 spiro atoms. The van der Waals surface area contributed by atoms with Gasteiger partial charge in [-0.2, -0.15) is 13.2 Å². The minimum absolute atomic E-state index is 0.169. The van der Waals surface area contributed by atoms with Crippen molar-refractivity contribution < 1.29 is 27.4 Å². The molecule has 0 radical (unpaired) electrons. The highest BCUT2D eigenvalue weighted by Crippen LogP contribution is 2.36. The minimum Gasteiger partial charge on any atom is -0.503 e. The van der Waals surface area contributed by atoms with Crippen LogP contribution in [-0.2, 0) is 20.4 Å². The summed E-state index contributed by atoms with van der Waals surface area (Å²) < 4.78 is 48.9. The van der Waals surface area contributed by atoms with Crippen LogP contribution in [0.4, 0.5) is 13.2 Å². The molecule has 0 saturated heterocycles. The van der Waals surface area contributed by atoms with E-state index >= 15 is 0 Å². The van der Waals surface area contributed by atoms with Crippen molar-refractivity contribution in [3.8, 4) is 0 Å². The highest BCUT2D eigenvalue weighted by atomic mass is 32.2. The summed E-state index contributed by atoms with van der Waals surface area (Å²) in [6.45, 7) is 0. The second kappa shape index (κ2) is 10.0. The maximum Gasteiger partial charge on any atom is 0.417 e. The van der Waals surface area contributed by atoms with Crippen LogP contribution in [0, 0.1) is 0 Å². The number of thioether (sulfide) groups is 1. The molecular formula is C21H19F3O3S. The number of ether oxygens (including phenoxy) is 2. The van der Waals surface area contributed by atoms with Crippen molar-refractivity contribution in [1.29, 1.82) is 0 Å². The molecule has 0 aromatic heterocycles. The van der Waals surface area contributed by atoms with Crippen molar-refractivity contribution >= 4 is 29.4 Å². The van der Waals surface area contributed by atoms with E-state index in [9.17, 15) is 18.0 Å². The number of hydrogen-bond acceptors (Lipinski definition) is 4. The van der Waals surface area contributed by atoms with Gasteiger partial charge in [-0.25, -0.2) is 4.79 Å². The maximum absolute atomic E-state index is 13.1. The summed E-state index contributed by atoms with van der Waals surface area (Å²) in [5.41, 5.74) is 0.930. The third-order valence-electron chi connectivity index (χ3n) is 3.72. The van der Waals surface area contributed by atoms with Crippen LogP contribution in [-0.4, -0.2) is 25.9 Å². The first-order chi connectivity index (χ1) is 13.4. The lowest BCUT2D eigenvalue weighted by Crippen LogP contribution is -2.06. The Balaban J connectivity index is 2.19. The molecule has 148 valence electrons. The van der Waals surface area contributed by atoms with Crippen LogP contribution in [0.3, 0.4) is 0 Å². The molecule has 3 nitrogen and oxygen atoms in total. The fourth-order valence-corrected chi connectivity index (χ4v) is 3.36. The van der Waals surface area contributed by atoms with E-state index < -0.39 is 17.7 Å². The van der Waals surface area contributed by atoms with Crippen molar-refractivity contribution in [3.05, 3.63) is 77.6 Å². The van der Waals surface area contributed by atoms with Gasteiger partial charge < -0.3 is 9.47 Å². The van der Waals surface area contributed by atoms with E-state index in [4.69, 9.17) is 9.47 Å². The molecule has 0 aliphatic heterocycles. The fraction of sp³-hybridized carbons (Fsp3) is 0.190. The van der Waals surface area contributed by atoms with E-state index in [1.54, 1.807) is 42.5 Å². The van der Waals surface area contributed by atoms with Crippen LogP contribution in [0.1, 0.15) is 16.7 Å². The van der Waals surface area contributed by atoms with Gasteiger partial charge in [0.2, 0.25) is 0 Å². The van der Waals surface area contributed by atoms with Crippen LogP contribution < -0.4 is 0 Å². The third kappa shape index (κ3) is 5.66. The lowest BCUT2D eigenvalue weighted by molar-refractivity contribution is -0.139. The van der Waals surface area contributed by atoms with Gasteiger partial charge in [-0.05, 0) is 23.3 Å². The standard InChI is InChI=1S/C21H19F3O3S/c1-26-14-17(20(25)27-2)16-10-4-3-8-15(16)9-7-13-28-19-12-6-5-11-18(19)21(22,23)24/h3-12,14H,13H2,1-2H3/b9-7+,17-14+. The van der Waals surface area contributed by atoms with Gasteiger partial charge in [-0.1, -0.05) is 48.6 Å². The maximum atomic E-state index is 13.1. The molecule has 2 aromatic rings. The van der Waals surface area contributed by atoms with E-state index in [0.717, 1.165) is 23.4 Å². The average Bonchev–Trinajstić information content (AvgIpc) is 2.69. The van der Waals surface area contributed by atoms with Crippen molar-refractivity contribution in [2.45, 2.75) is 11.1 Å². The molecule has 0 N–H and O–H groups in total. The molecule has 0 saturated carbocycles. The quantitative estimate of drug-likeness (QED) is 0.256. The van der Waals surface area contributed by atoms with Gasteiger partial charge in [-0.15, -0.1) is 11.8 Å². The first-order valence-corrected chi connectivity index (χ1v) is 9.23. The number of carbonyl (C=O) groups excluding carboxylic acids is 1. The van der Waals surface area contributed by atoms with Gasteiger partial charge in [-0.3, -0.25) is 0 Å². The first kappa shape index (κ1) is 21.6. The highest BCUT2D eigenvalue weighted by molar-refractivity contribution is 7.99. The average molecular weight is 408 g/mol. The van der Waals surface area contributed by atoms with Crippen LogP contribution in [0.25, 0.3) is 11.6 Å². The van der Waals surface area contributed by atoms with Gasteiger partial charge in [0.05, 0.1) is 26.0 Å². The number of halogens is 3. The lowest BCUT2D eigenvalue weighted by Gasteiger charge is -2.11. The van der Waals surface area contributed by atoms with E-state index in [-0.39, 0.29) is 10.5 Å². The number of alkyl halides is 3. The number of rotatable bonds is 7. The first-order valence-electron chi connectivity index (χ1n) is 8.24. The van der Waals surface area contributed by atoms with Crippen LogP contribution in [0.2, 0.25) is 0 Å². The van der Waals surface area contributed by atoms with Gasteiger partial charge >= 0.3 is 12.1 Å². The molecule has 0 amide bonds. The number of esters is 1. The van der Waals surface area contributed by atoms with Crippen LogP contribution in [0.15, 0.2) is 65.8 Å². The Labute approximate surface area is 165 Å². The summed E-state index contributed by atoms with van der Waals surface area (Å²) in [6, 6.07) is 12.6. The van der Waals surface area contributed by atoms with E-state index in [1.807, 2.05) is 0 Å². The molecule has 0 heterocycles. The lowest BCUT2D eigenvalue weighted by atomic mass is 10.0. The third-order valence-corrected chi connectivity index (χ3v) is 4.74. The molecule has 0 aliphatic carbocycles. The second-order valence-electron chi connectivity index (χ2n) is 5.55. The Kier molecular flexibility index (Phi) is 7.75. The summed E-state index contributed by atoms with van der Waals surface area (Å²) >= 11 is 1.09. The summed E-state index contributed by atoms with van der Waals surface area (Å²) in [6.07, 6.45) is 0.413. The largest absolute Gasteiger partial charge is 0.503 e. The smallest absolute Gasteiger partial charge is 0.417 e. The number of hydrogen-bond donors (Lipinski definition) is 0. The zero-order valence-corrected chi connectivity index (χ0v) is 16.1. The Hall–Kier alpha value is -2.67. The monoisotopic (exact) mass is 408 g/mol. The van der Waals surface area contributed by atoms with Crippen molar-refractivity contribution in [2.75, 3.05) is 20.0 Å². The van der Waals surface area contributed by atoms with Crippen molar-refractivity contribution in [2.24, 2.45) is 0 Å². The van der Waals surface area contributed by atoms with Crippen LogP contribution in [0.5, 0.6) is 0 Å². The molecule has 7 heteroatoms. The highest BCUT2D eigenvalue weighted by Gasteiger charge is 2.32. The number of carbonyl (C=O) groups is 1. The molecule has 28 heavy (non-hydrogen) atoms. The Morgan fingerprint density at radius 1 is 1.07 bits per heavy atom. The molecule has 0 atom stereocenters. The minimum atomic E-state index is -4.39. The summed E-state index contributed by atoms with van der Waals surface area (Å²) in [5.74, 6) is -0.209. The second-order valence-corrected chi connectivity index (χ2v) is 6.62. The number of benzene rings is 2. The van der Waals surface area contributed by atoms with Gasteiger partial charge in [0.15, 0.2) is 0 Å². The summed E-state index contributed by atoms with van der Waals surface area (Å²) in [5, 5.41) is 0. The van der Waals surface area contributed by atoms with Crippen LogP contribution >= 0.6 is 11.8 Å². The molecule has 2 rings (SSSR count). The summed E-state index contributed by atoms with van der Waals surface area (Å²) in [7, 11) is 2.70. The summed E-state index contributed by atoms with van der Waals surface area (Å²) in [4.78, 5) is 12.2. The molecule has 0 aliphatic rings. The van der Waals surface area contributed by atoms with E-state index in [0.29, 0.717) is 11.3 Å². The predicted octanol–water partition coefficient (Wildman–Crippen LogP) is 5.67. The van der Waals surface area contributed by atoms with E-state index in [1.165, 1.54) is 32.6 Å². The molecule has 0 unspecified atom stereocenters. The zero-order chi connectivity index (χ0) is 20.6. The Bertz CT molecular complexity index is 873. The van der Waals surface area contributed by atoms with E-state index in [2.05, 4.69) is 0 Å². The Morgan fingerprint density at radius 3 is 2.43 bits per heavy atom.